The van der Waals surface area contributed by atoms with Crippen LogP contribution in [-0.4, -0.2) is 25.2 Å². The molecule has 114 valence electrons. The van der Waals surface area contributed by atoms with E-state index in [4.69, 9.17) is 0 Å². The summed E-state index contributed by atoms with van der Waals surface area (Å²) < 4.78 is 4.52. The molecule has 6 nitrogen and oxygen atoms in total. The van der Waals surface area contributed by atoms with E-state index in [1.165, 1.54) is 0 Å². The van der Waals surface area contributed by atoms with Crippen LogP contribution in [0, 0.1) is 5.92 Å². The Kier molecular flexibility index (Phi) is 3.98. The van der Waals surface area contributed by atoms with Crippen LogP contribution in [0.1, 0.15) is 6.92 Å². The highest BCUT2D eigenvalue weighted by molar-refractivity contribution is 9.10. The molecule has 1 aromatic carbocycles. The Morgan fingerprint density at radius 2 is 2.18 bits per heavy atom. The summed E-state index contributed by atoms with van der Waals surface area (Å²) in [6.45, 7) is 2.38. The Bertz CT molecular complexity index is 822. The highest BCUT2D eigenvalue weighted by atomic mass is 79.9. The molecular formula is C15H16BrN5O. The number of aryl methyl sites for hydroxylation is 1. The number of anilines is 1. The molecule has 0 spiro atoms. The number of imidazole rings is 1. The van der Waals surface area contributed by atoms with Crippen LogP contribution in [0.3, 0.4) is 0 Å². The third-order valence-corrected chi connectivity index (χ3v) is 3.94. The minimum Gasteiger partial charge on any atom is -0.313 e. The van der Waals surface area contributed by atoms with Crippen molar-refractivity contribution in [2.45, 2.75) is 13.5 Å². The monoisotopic (exact) mass is 361 g/mol. The first kappa shape index (κ1) is 14.8. The van der Waals surface area contributed by atoms with Crippen LogP contribution in [0.5, 0.6) is 0 Å². The number of carbonyl (C=O) groups is 1. The van der Waals surface area contributed by atoms with Gasteiger partial charge in [-0.2, -0.15) is 5.10 Å². The molecule has 1 unspecified atom stereocenters. The van der Waals surface area contributed by atoms with Crippen LogP contribution < -0.4 is 5.32 Å². The van der Waals surface area contributed by atoms with Gasteiger partial charge < -0.3 is 4.57 Å². The molecule has 0 aliphatic heterocycles. The van der Waals surface area contributed by atoms with Crippen molar-refractivity contribution >= 4 is 38.8 Å². The van der Waals surface area contributed by atoms with Crippen LogP contribution in [0.2, 0.25) is 0 Å². The molecule has 0 fully saturated rings. The molecule has 2 aromatic heterocycles. The van der Waals surface area contributed by atoms with Crippen molar-refractivity contribution in [1.82, 2.24) is 19.3 Å². The summed E-state index contributed by atoms with van der Waals surface area (Å²) in [6.07, 6.45) is 3.55. The third-order valence-electron chi connectivity index (χ3n) is 3.53. The van der Waals surface area contributed by atoms with E-state index in [1.54, 1.807) is 10.9 Å². The molecule has 0 radical (unpaired) electrons. The van der Waals surface area contributed by atoms with Gasteiger partial charge in [0, 0.05) is 13.2 Å². The molecule has 3 aromatic rings. The molecule has 1 N–H and O–H groups in total. The van der Waals surface area contributed by atoms with E-state index < -0.39 is 0 Å². The number of aromatic nitrogens is 4. The number of rotatable bonds is 4. The normalized spacial score (nSPS) is 12.5. The summed E-state index contributed by atoms with van der Waals surface area (Å²) in [5, 5.41) is 7.05. The summed E-state index contributed by atoms with van der Waals surface area (Å²) in [5.74, 6) is 0.260. The molecular weight excluding hydrogens is 346 g/mol. The quantitative estimate of drug-likeness (QED) is 0.776. The Morgan fingerprint density at radius 3 is 2.86 bits per heavy atom. The van der Waals surface area contributed by atoms with Crippen molar-refractivity contribution in [2.75, 3.05) is 5.32 Å². The number of hydrogen-bond donors (Lipinski definition) is 1. The van der Waals surface area contributed by atoms with E-state index in [-0.39, 0.29) is 11.8 Å². The standard InChI is InChI=1S/C15H16BrN5O/c1-10(8-21-9-11(16)7-17-21)14(22)19-15-18-12-5-3-4-6-13(12)20(15)2/h3-7,9-10H,8H2,1-2H3,(H,18,19,22). The fourth-order valence-electron chi connectivity index (χ4n) is 2.29. The van der Waals surface area contributed by atoms with E-state index in [0.29, 0.717) is 12.5 Å². The lowest BCUT2D eigenvalue weighted by Crippen LogP contribution is -2.25. The third kappa shape index (κ3) is 2.89. The van der Waals surface area contributed by atoms with E-state index >= 15 is 0 Å². The number of fused-ring (bicyclic) bond motifs is 1. The Labute approximate surface area is 136 Å². The highest BCUT2D eigenvalue weighted by Gasteiger charge is 2.17. The lowest BCUT2D eigenvalue weighted by Gasteiger charge is -2.12. The molecule has 0 bridgehead atoms. The fraction of sp³-hybridized carbons (Fsp3) is 0.267. The van der Waals surface area contributed by atoms with Gasteiger partial charge in [0.25, 0.3) is 0 Å². The van der Waals surface area contributed by atoms with Gasteiger partial charge in [-0.25, -0.2) is 4.98 Å². The van der Waals surface area contributed by atoms with Crippen molar-refractivity contribution in [3.05, 3.63) is 41.1 Å². The maximum atomic E-state index is 12.3. The minimum absolute atomic E-state index is 0.0787. The van der Waals surface area contributed by atoms with Crippen molar-refractivity contribution in [1.29, 1.82) is 0 Å². The summed E-state index contributed by atoms with van der Waals surface area (Å²) >= 11 is 3.34. The van der Waals surface area contributed by atoms with Gasteiger partial charge in [0.05, 0.1) is 34.2 Å². The average Bonchev–Trinajstić information content (AvgIpc) is 3.04. The van der Waals surface area contributed by atoms with Gasteiger partial charge in [-0.3, -0.25) is 14.8 Å². The van der Waals surface area contributed by atoms with Gasteiger partial charge >= 0.3 is 0 Å². The van der Waals surface area contributed by atoms with Gasteiger partial charge in [-0.05, 0) is 28.1 Å². The van der Waals surface area contributed by atoms with Crippen molar-refractivity contribution < 1.29 is 4.79 Å². The number of hydrogen-bond acceptors (Lipinski definition) is 3. The van der Waals surface area contributed by atoms with Gasteiger partial charge in [0.15, 0.2) is 0 Å². The number of benzene rings is 1. The SMILES string of the molecule is CC(Cn1cc(Br)cn1)C(=O)Nc1nc2ccccc2n1C. The van der Waals surface area contributed by atoms with Crippen LogP contribution in [0.15, 0.2) is 41.1 Å². The number of amides is 1. The van der Waals surface area contributed by atoms with E-state index in [2.05, 4.69) is 31.3 Å². The fourth-order valence-corrected chi connectivity index (χ4v) is 2.62. The van der Waals surface area contributed by atoms with Crippen molar-refractivity contribution in [3.8, 4) is 0 Å². The molecule has 22 heavy (non-hydrogen) atoms. The number of para-hydroxylation sites is 2. The first-order valence-corrected chi connectivity index (χ1v) is 7.74. The van der Waals surface area contributed by atoms with E-state index in [0.717, 1.165) is 15.5 Å². The van der Waals surface area contributed by atoms with E-state index in [1.807, 2.05) is 49.0 Å². The summed E-state index contributed by atoms with van der Waals surface area (Å²) in [4.78, 5) is 16.8. The molecule has 3 rings (SSSR count). The predicted octanol–water partition coefficient (Wildman–Crippen LogP) is 2.81. The number of nitrogens with zero attached hydrogens (tertiary/aromatic N) is 4. The second-order valence-electron chi connectivity index (χ2n) is 5.25. The lowest BCUT2D eigenvalue weighted by atomic mass is 10.1. The Morgan fingerprint density at radius 1 is 1.41 bits per heavy atom. The maximum Gasteiger partial charge on any atom is 0.231 e. The highest BCUT2D eigenvalue weighted by Crippen LogP contribution is 2.18. The first-order valence-electron chi connectivity index (χ1n) is 6.95. The first-order chi connectivity index (χ1) is 10.5. The molecule has 0 saturated carbocycles. The zero-order chi connectivity index (χ0) is 15.7. The molecule has 1 amide bonds. The minimum atomic E-state index is -0.216. The zero-order valence-corrected chi connectivity index (χ0v) is 13.9. The molecule has 1 atom stereocenters. The Balaban J connectivity index is 1.73. The number of nitrogens with one attached hydrogen (secondary N) is 1. The largest absolute Gasteiger partial charge is 0.313 e. The molecule has 7 heteroatoms. The maximum absolute atomic E-state index is 12.3. The predicted molar refractivity (Wildman–Crippen MR) is 88.4 cm³/mol. The Hall–Kier alpha value is -2.15. The molecule has 0 aliphatic rings. The number of carbonyl (C=O) groups excluding carboxylic acids is 1. The lowest BCUT2D eigenvalue weighted by molar-refractivity contribution is -0.119. The zero-order valence-electron chi connectivity index (χ0n) is 12.3. The van der Waals surface area contributed by atoms with Gasteiger partial charge in [-0.1, -0.05) is 19.1 Å². The van der Waals surface area contributed by atoms with Crippen LogP contribution in [0.25, 0.3) is 11.0 Å². The second kappa shape index (κ2) is 5.92. The molecule has 2 heterocycles. The molecule has 0 saturated heterocycles. The average molecular weight is 362 g/mol. The van der Waals surface area contributed by atoms with Crippen molar-refractivity contribution in [3.63, 3.8) is 0 Å². The summed E-state index contributed by atoms with van der Waals surface area (Å²) in [6, 6.07) is 7.78. The second-order valence-corrected chi connectivity index (χ2v) is 6.17. The van der Waals surface area contributed by atoms with Gasteiger partial charge in [-0.15, -0.1) is 0 Å². The summed E-state index contributed by atoms with van der Waals surface area (Å²) in [7, 11) is 1.89. The summed E-state index contributed by atoms with van der Waals surface area (Å²) in [5.41, 5.74) is 1.85. The van der Waals surface area contributed by atoms with Gasteiger partial charge in [0.1, 0.15) is 0 Å². The number of halogens is 1. The van der Waals surface area contributed by atoms with Crippen molar-refractivity contribution in [2.24, 2.45) is 13.0 Å². The smallest absolute Gasteiger partial charge is 0.231 e. The van der Waals surface area contributed by atoms with E-state index in [9.17, 15) is 4.79 Å². The van der Waals surface area contributed by atoms with Crippen LogP contribution >= 0.6 is 15.9 Å². The van der Waals surface area contributed by atoms with Crippen LogP contribution in [0.4, 0.5) is 5.95 Å². The molecule has 0 aliphatic carbocycles. The van der Waals surface area contributed by atoms with Gasteiger partial charge in [0.2, 0.25) is 11.9 Å². The topological polar surface area (TPSA) is 64.7 Å². The van der Waals surface area contributed by atoms with Crippen LogP contribution in [-0.2, 0) is 18.4 Å².